The molecule has 0 bridgehead atoms. The molecule has 0 aliphatic rings. The van der Waals surface area contributed by atoms with Gasteiger partial charge >= 0.3 is 0 Å². The molecule has 0 aliphatic carbocycles. The fourth-order valence-corrected chi connectivity index (χ4v) is 8.79. The molecule has 0 spiro atoms. The zero-order valence-electron chi connectivity index (χ0n) is 23.3. The summed E-state index contributed by atoms with van der Waals surface area (Å²) in [6.07, 6.45) is 0. The minimum atomic E-state index is -2.33. The summed E-state index contributed by atoms with van der Waals surface area (Å²) in [7, 11) is -3.86. The molecule has 0 amide bonds. The van der Waals surface area contributed by atoms with Crippen LogP contribution in [0.2, 0.25) is 0 Å². The van der Waals surface area contributed by atoms with E-state index in [-0.39, 0.29) is 0 Å². The second-order valence-corrected chi connectivity index (χ2v) is 13.8. The van der Waals surface area contributed by atoms with Gasteiger partial charge in [-0.1, -0.05) is 103 Å². The van der Waals surface area contributed by atoms with Crippen molar-refractivity contribution in [3.8, 4) is 5.75 Å². The summed E-state index contributed by atoms with van der Waals surface area (Å²) in [5.74, 6) is 0.341. The average Bonchev–Trinajstić information content (AvgIpc) is 3.04. The Kier molecular flexibility index (Phi) is 8.03. The van der Waals surface area contributed by atoms with E-state index >= 15 is 0 Å². The van der Waals surface area contributed by atoms with E-state index in [9.17, 15) is 10.0 Å². The van der Waals surface area contributed by atoms with Crippen LogP contribution >= 0.6 is 7.26 Å². The van der Waals surface area contributed by atoms with Crippen LogP contribution < -0.4 is 30.6 Å². The first-order valence-corrected chi connectivity index (χ1v) is 16.1. The Balaban J connectivity index is 0.000000151. The van der Waals surface area contributed by atoms with Gasteiger partial charge in [-0.25, -0.2) is 0 Å². The molecule has 204 valence electrons. The second kappa shape index (κ2) is 12.2. The van der Waals surface area contributed by atoms with Crippen LogP contribution in [0.1, 0.15) is 0 Å². The standard InChI is InChI=1S/C19H18P.C18H11BO3/c1-20(17-11-5-2-6-12-17,18-13-7-3-8-14-18)19-15-9-4-10-16-19;20-19(21)22-17-7-3-6-12-8-9-15-10-13-4-1-2-5-14(13)11-16(15)18(12)17/h2-16H,1H3;1-11H/q+1;-2. The largest absolute Gasteiger partial charge is 0.860 e. The SMILES string of the molecule is C[P+](c1ccccc1)(c1ccccc1)c1ccccc1.[O-]B([O-])Oc1cccc2ccc3cc4ccccc4cc3c12. The zero-order chi connectivity index (χ0) is 28.9. The van der Waals surface area contributed by atoms with Crippen LogP contribution in [0.4, 0.5) is 0 Å². The van der Waals surface area contributed by atoms with Gasteiger partial charge in [0.15, 0.2) is 0 Å². The summed E-state index contributed by atoms with van der Waals surface area (Å²) >= 11 is 0. The summed E-state index contributed by atoms with van der Waals surface area (Å²) in [6, 6.07) is 54.3. The number of benzene rings is 7. The van der Waals surface area contributed by atoms with Crippen LogP contribution in [0.5, 0.6) is 5.75 Å². The van der Waals surface area contributed by atoms with Crippen molar-refractivity contribution in [1.82, 2.24) is 0 Å². The van der Waals surface area contributed by atoms with Crippen LogP contribution in [0.15, 0.2) is 158 Å². The van der Waals surface area contributed by atoms with Gasteiger partial charge in [0.1, 0.15) is 36.2 Å². The van der Waals surface area contributed by atoms with Crippen molar-refractivity contribution in [2.24, 2.45) is 0 Å². The third-order valence-corrected chi connectivity index (χ3v) is 11.7. The van der Waals surface area contributed by atoms with E-state index in [4.69, 9.17) is 4.65 Å². The van der Waals surface area contributed by atoms with Gasteiger partial charge in [-0.2, -0.15) is 0 Å². The van der Waals surface area contributed by atoms with Crippen molar-refractivity contribution < 1.29 is 14.7 Å². The Labute approximate surface area is 247 Å². The van der Waals surface area contributed by atoms with Gasteiger partial charge in [0, 0.05) is 5.39 Å². The molecule has 0 unspecified atom stereocenters. The molecule has 7 rings (SSSR count). The summed E-state index contributed by atoms with van der Waals surface area (Å²) in [5, 5.41) is 32.2. The summed E-state index contributed by atoms with van der Waals surface area (Å²) in [6.45, 7) is 2.41. The molecule has 0 saturated carbocycles. The van der Waals surface area contributed by atoms with E-state index in [1.807, 2.05) is 36.4 Å². The van der Waals surface area contributed by atoms with Crippen molar-refractivity contribution in [3.63, 3.8) is 0 Å². The highest BCUT2D eigenvalue weighted by Gasteiger charge is 2.39. The Hall–Kier alpha value is -4.47. The topological polar surface area (TPSA) is 55.3 Å². The highest BCUT2D eigenvalue weighted by atomic mass is 31.2. The smallest absolute Gasteiger partial charge is 0.133 e. The maximum absolute atomic E-state index is 10.9. The van der Waals surface area contributed by atoms with Crippen LogP contribution in [-0.2, 0) is 0 Å². The first-order valence-electron chi connectivity index (χ1n) is 13.9. The van der Waals surface area contributed by atoms with E-state index in [1.165, 1.54) is 15.9 Å². The number of rotatable bonds is 5. The minimum absolute atomic E-state index is 0.341. The lowest BCUT2D eigenvalue weighted by Crippen LogP contribution is -2.50. The molecule has 0 radical (unpaired) electrons. The molecule has 0 fully saturated rings. The van der Waals surface area contributed by atoms with Crippen LogP contribution in [0.3, 0.4) is 0 Å². The number of fused-ring (bicyclic) bond motifs is 4. The van der Waals surface area contributed by atoms with Crippen molar-refractivity contribution in [1.29, 1.82) is 0 Å². The highest BCUT2D eigenvalue weighted by molar-refractivity contribution is 7.95. The fraction of sp³-hybridized carbons (Fsp3) is 0.0270. The van der Waals surface area contributed by atoms with Gasteiger partial charge in [0.25, 0.3) is 0 Å². The van der Waals surface area contributed by atoms with Gasteiger partial charge in [-0.15, -0.1) is 0 Å². The van der Waals surface area contributed by atoms with Gasteiger partial charge in [0.05, 0.1) is 6.66 Å². The molecule has 0 N–H and O–H groups in total. The van der Waals surface area contributed by atoms with Crippen molar-refractivity contribution in [2.75, 3.05) is 6.66 Å². The van der Waals surface area contributed by atoms with Crippen molar-refractivity contribution >= 4 is 62.8 Å². The van der Waals surface area contributed by atoms with E-state index < -0.39 is 14.6 Å². The van der Waals surface area contributed by atoms with Crippen molar-refractivity contribution in [3.05, 3.63) is 158 Å². The number of hydrogen-bond acceptors (Lipinski definition) is 3. The monoisotopic (exact) mass is 563 g/mol. The van der Waals surface area contributed by atoms with Crippen molar-refractivity contribution in [2.45, 2.75) is 0 Å². The quantitative estimate of drug-likeness (QED) is 0.115. The van der Waals surface area contributed by atoms with Crippen LogP contribution in [-0.4, -0.2) is 14.0 Å². The molecular formula is C37H29BO3P-. The fourth-order valence-electron chi connectivity index (χ4n) is 5.59. The number of hydrogen-bond donors (Lipinski definition) is 0. The summed E-state index contributed by atoms with van der Waals surface area (Å²) < 4.78 is 4.94. The van der Waals surface area contributed by atoms with Crippen LogP contribution in [0.25, 0.3) is 32.3 Å². The Bertz CT molecular complexity index is 1850. The molecule has 3 nitrogen and oxygen atoms in total. The lowest BCUT2D eigenvalue weighted by Gasteiger charge is -2.27. The van der Waals surface area contributed by atoms with Gasteiger partial charge in [-0.05, 0) is 81.5 Å². The molecule has 0 aromatic heterocycles. The third-order valence-electron chi connectivity index (χ3n) is 7.73. The predicted octanol–water partition coefficient (Wildman–Crippen LogP) is 5.84. The summed E-state index contributed by atoms with van der Waals surface area (Å²) in [4.78, 5) is 0. The highest BCUT2D eigenvalue weighted by Crippen LogP contribution is 2.51. The predicted molar refractivity (Wildman–Crippen MR) is 176 cm³/mol. The minimum Gasteiger partial charge on any atom is -0.860 e. The molecule has 0 saturated heterocycles. The van der Waals surface area contributed by atoms with E-state index in [2.05, 4.69) is 116 Å². The van der Waals surface area contributed by atoms with Crippen LogP contribution in [0, 0.1) is 0 Å². The molecular weight excluding hydrogens is 534 g/mol. The van der Waals surface area contributed by atoms with E-state index in [1.54, 1.807) is 12.1 Å². The molecule has 5 heteroatoms. The Morgan fingerprint density at radius 3 is 1.45 bits per heavy atom. The first-order chi connectivity index (χ1) is 20.5. The molecule has 0 heterocycles. The maximum Gasteiger partial charge on any atom is 0.133 e. The Morgan fingerprint density at radius 2 is 0.929 bits per heavy atom. The average molecular weight is 563 g/mol. The van der Waals surface area contributed by atoms with E-state index in [0.29, 0.717) is 5.75 Å². The molecule has 0 aliphatic heterocycles. The van der Waals surface area contributed by atoms with Gasteiger partial charge in [-0.3, -0.25) is 0 Å². The Morgan fingerprint density at radius 1 is 0.476 bits per heavy atom. The third kappa shape index (κ3) is 5.53. The zero-order valence-corrected chi connectivity index (χ0v) is 24.2. The van der Waals surface area contributed by atoms with Gasteiger partial charge in [0.2, 0.25) is 0 Å². The lowest BCUT2D eigenvalue weighted by atomic mass is 9.97. The van der Waals surface area contributed by atoms with Gasteiger partial charge < -0.3 is 14.7 Å². The second-order valence-electron chi connectivity index (χ2n) is 10.3. The normalized spacial score (nSPS) is 11.2. The summed E-state index contributed by atoms with van der Waals surface area (Å²) in [5.41, 5.74) is 0. The lowest BCUT2D eigenvalue weighted by molar-refractivity contribution is -0.372. The first kappa shape index (κ1) is 27.7. The molecule has 7 aromatic carbocycles. The molecule has 0 atom stereocenters. The molecule has 7 aromatic rings. The van der Waals surface area contributed by atoms with E-state index in [0.717, 1.165) is 32.3 Å². The molecule has 42 heavy (non-hydrogen) atoms. The maximum atomic E-state index is 10.9.